The Kier molecular flexibility index (Phi) is 6.14. The summed E-state index contributed by atoms with van der Waals surface area (Å²) in [6.07, 6.45) is 0.713. The summed E-state index contributed by atoms with van der Waals surface area (Å²) < 4.78 is 5.56. The van der Waals surface area contributed by atoms with E-state index in [2.05, 4.69) is 18.7 Å². The molecule has 2 heterocycles. The Balaban J connectivity index is 1.64. The van der Waals surface area contributed by atoms with Crippen molar-refractivity contribution in [3.8, 4) is 11.5 Å². The molecule has 0 aromatic heterocycles. The Labute approximate surface area is 209 Å². The number of hydrogen-bond acceptors (Lipinski definition) is 6. The number of carbonyl (C=O) groups excluding carboxylic acids is 2. The molecule has 2 N–H and O–H groups in total. The van der Waals surface area contributed by atoms with Gasteiger partial charge in [-0.2, -0.15) is 0 Å². The van der Waals surface area contributed by atoms with Crippen LogP contribution in [0.5, 0.6) is 11.5 Å². The minimum absolute atomic E-state index is 0.0115. The highest BCUT2D eigenvalue weighted by molar-refractivity contribution is 6.51. The molecule has 1 unspecified atom stereocenters. The van der Waals surface area contributed by atoms with Crippen molar-refractivity contribution >= 4 is 28.8 Å². The van der Waals surface area contributed by atoms with Gasteiger partial charge in [0.05, 0.1) is 18.2 Å². The monoisotopic (exact) mass is 484 g/mol. The van der Waals surface area contributed by atoms with Crippen LogP contribution < -0.4 is 14.5 Å². The highest BCUT2D eigenvalue weighted by Gasteiger charge is 2.47. The van der Waals surface area contributed by atoms with E-state index in [0.717, 1.165) is 30.1 Å². The lowest BCUT2D eigenvalue weighted by atomic mass is 9.94. The van der Waals surface area contributed by atoms with Gasteiger partial charge in [0.25, 0.3) is 11.7 Å². The molecule has 1 saturated heterocycles. The third kappa shape index (κ3) is 3.96. The third-order valence-electron chi connectivity index (χ3n) is 6.87. The van der Waals surface area contributed by atoms with Crippen LogP contribution in [0.25, 0.3) is 5.76 Å². The molecule has 1 fully saturated rings. The third-order valence-corrected chi connectivity index (χ3v) is 6.87. The molecule has 3 aromatic rings. The van der Waals surface area contributed by atoms with E-state index in [0.29, 0.717) is 29.8 Å². The van der Waals surface area contributed by atoms with E-state index in [1.54, 1.807) is 30.3 Å². The molecule has 2 aliphatic rings. The Hall–Kier alpha value is -4.26. The first-order chi connectivity index (χ1) is 17.4. The summed E-state index contributed by atoms with van der Waals surface area (Å²) in [6, 6.07) is 18.2. The molecule has 0 bridgehead atoms. The van der Waals surface area contributed by atoms with Gasteiger partial charge in [0.1, 0.15) is 17.3 Å². The molecule has 3 aromatic carbocycles. The Morgan fingerprint density at radius 3 is 2.36 bits per heavy atom. The van der Waals surface area contributed by atoms with Gasteiger partial charge >= 0.3 is 0 Å². The van der Waals surface area contributed by atoms with Crippen LogP contribution in [-0.4, -0.2) is 41.6 Å². The van der Waals surface area contributed by atoms with Crippen LogP contribution >= 0.6 is 0 Å². The lowest BCUT2D eigenvalue weighted by Gasteiger charge is -2.27. The average molecular weight is 485 g/mol. The molecule has 184 valence electrons. The molecule has 0 spiro atoms. The molecule has 1 atom stereocenters. The van der Waals surface area contributed by atoms with Crippen molar-refractivity contribution in [2.45, 2.75) is 26.3 Å². The Morgan fingerprint density at radius 2 is 1.69 bits per heavy atom. The summed E-state index contributed by atoms with van der Waals surface area (Å²) in [4.78, 5) is 30.3. The van der Waals surface area contributed by atoms with Crippen molar-refractivity contribution in [1.82, 2.24) is 0 Å². The maximum Gasteiger partial charge on any atom is 0.300 e. The van der Waals surface area contributed by atoms with Gasteiger partial charge in [-0.25, -0.2) is 0 Å². The maximum absolute atomic E-state index is 13.4. The molecule has 0 radical (unpaired) electrons. The molecule has 0 aliphatic carbocycles. The Bertz CT molecular complexity index is 1340. The normalized spacial score (nSPS) is 18.3. The number of ketones is 1. The van der Waals surface area contributed by atoms with Gasteiger partial charge in [-0.3, -0.25) is 14.5 Å². The van der Waals surface area contributed by atoms with Crippen LogP contribution in [0.2, 0.25) is 0 Å². The molecule has 2 aliphatic heterocycles. The summed E-state index contributed by atoms with van der Waals surface area (Å²) in [5.41, 5.74) is 3.58. The number of rotatable bonds is 6. The van der Waals surface area contributed by atoms with E-state index in [1.165, 1.54) is 17.0 Å². The predicted octanol–water partition coefficient (Wildman–Crippen LogP) is 4.80. The minimum Gasteiger partial charge on any atom is -0.508 e. The standard InChI is InChI=1S/C29H28N2O5/c1-3-30(4-2)21-8-10-22(11-9-21)31-26(18-5-12-23(32)13-6-18)25(28(34)29(31)35)27(33)20-7-14-24-19(17-20)15-16-36-24/h5-14,17,26,32-33H,3-4,15-16H2,1-2H3/b27-25-. The van der Waals surface area contributed by atoms with Crippen LogP contribution in [0, 0.1) is 0 Å². The zero-order valence-corrected chi connectivity index (χ0v) is 20.3. The number of phenols is 1. The lowest BCUT2D eigenvalue weighted by Crippen LogP contribution is -2.29. The van der Waals surface area contributed by atoms with E-state index in [9.17, 15) is 19.8 Å². The fourth-order valence-corrected chi connectivity index (χ4v) is 4.97. The van der Waals surface area contributed by atoms with Crippen molar-refractivity contribution in [2.75, 3.05) is 29.5 Å². The number of anilines is 2. The number of benzene rings is 3. The first kappa shape index (κ1) is 23.5. The summed E-state index contributed by atoms with van der Waals surface area (Å²) in [6.45, 7) is 6.41. The predicted molar refractivity (Wildman–Crippen MR) is 139 cm³/mol. The van der Waals surface area contributed by atoms with Crippen molar-refractivity contribution in [3.63, 3.8) is 0 Å². The van der Waals surface area contributed by atoms with E-state index < -0.39 is 17.7 Å². The number of carbonyl (C=O) groups is 2. The van der Waals surface area contributed by atoms with Gasteiger partial charge in [-0.15, -0.1) is 0 Å². The summed E-state index contributed by atoms with van der Waals surface area (Å²) in [5, 5.41) is 21.2. The fraction of sp³-hybridized carbons (Fsp3) is 0.241. The number of hydrogen-bond donors (Lipinski definition) is 2. The molecular formula is C29H28N2O5. The number of aliphatic hydroxyl groups is 1. The highest BCUT2D eigenvalue weighted by atomic mass is 16.5. The highest BCUT2D eigenvalue weighted by Crippen LogP contribution is 2.43. The minimum atomic E-state index is -0.852. The van der Waals surface area contributed by atoms with Crippen molar-refractivity contribution in [1.29, 1.82) is 0 Å². The van der Waals surface area contributed by atoms with Crippen LogP contribution in [0.4, 0.5) is 11.4 Å². The fourth-order valence-electron chi connectivity index (χ4n) is 4.97. The van der Waals surface area contributed by atoms with Gasteiger partial charge in [0.2, 0.25) is 0 Å². The summed E-state index contributed by atoms with van der Waals surface area (Å²) in [5.74, 6) is -0.874. The van der Waals surface area contributed by atoms with Crippen molar-refractivity contribution < 1.29 is 24.5 Å². The van der Waals surface area contributed by atoms with Gasteiger partial charge in [-0.05, 0) is 79.6 Å². The Morgan fingerprint density at radius 1 is 1.00 bits per heavy atom. The topological polar surface area (TPSA) is 90.3 Å². The van der Waals surface area contributed by atoms with Gasteiger partial charge in [0, 0.05) is 36.4 Å². The zero-order valence-electron chi connectivity index (χ0n) is 20.3. The van der Waals surface area contributed by atoms with Crippen LogP contribution in [0.15, 0.2) is 72.3 Å². The number of fused-ring (bicyclic) bond motifs is 1. The van der Waals surface area contributed by atoms with Crippen LogP contribution in [-0.2, 0) is 16.0 Å². The number of nitrogens with zero attached hydrogens (tertiary/aromatic N) is 2. The maximum atomic E-state index is 13.4. The van der Waals surface area contributed by atoms with Crippen LogP contribution in [0.3, 0.4) is 0 Å². The first-order valence-corrected chi connectivity index (χ1v) is 12.1. The number of ether oxygens (including phenoxy) is 1. The largest absolute Gasteiger partial charge is 0.508 e. The van der Waals surface area contributed by atoms with E-state index in [1.807, 2.05) is 24.3 Å². The van der Waals surface area contributed by atoms with Gasteiger partial charge in [-0.1, -0.05) is 12.1 Å². The molecule has 7 heteroatoms. The number of Topliss-reactive ketones (excluding diaryl/α,β-unsaturated/α-hetero) is 1. The number of phenolic OH excluding ortho intramolecular Hbond substituents is 1. The lowest BCUT2D eigenvalue weighted by molar-refractivity contribution is -0.132. The van der Waals surface area contributed by atoms with E-state index in [4.69, 9.17) is 4.74 Å². The van der Waals surface area contributed by atoms with Gasteiger partial charge < -0.3 is 19.8 Å². The van der Waals surface area contributed by atoms with Gasteiger partial charge in [0.15, 0.2) is 0 Å². The molecule has 36 heavy (non-hydrogen) atoms. The van der Waals surface area contributed by atoms with Crippen molar-refractivity contribution in [2.24, 2.45) is 0 Å². The second kappa shape index (κ2) is 9.41. The number of aromatic hydroxyl groups is 1. The quantitative estimate of drug-likeness (QED) is 0.297. The first-order valence-electron chi connectivity index (χ1n) is 12.1. The SMILES string of the molecule is CCN(CC)c1ccc(N2C(=O)C(=O)/C(=C(\O)c3ccc4c(c3)CCO4)C2c2ccc(O)cc2)cc1. The number of amides is 1. The molecule has 1 amide bonds. The van der Waals surface area contributed by atoms with Crippen molar-refractivity contribution in [3.05, 3.63) is 89.0 Å². The number of aliphatic hydroxyl groups excluding tert-OH is 1. The summed E-state index contributed by atoms with van der Waals surface area (Å²) in [7, 11) is 0. The molecule has 0 saturated carbocycles. The molecular weight excluding hydrogens is 456 g/mol. The molecule has 7 nitrogen and oxygen atoms in total. The second-order valence-corrected chi connectivity index (χ2v) is 8.87. The van der Waals surface area contributed by atoms with E-state index >= 15 is 0 Å². The summed E-state index contributed by atoms with van der Waals surface area (Å²) >= 11 is 0. The van der Waals surface area contributed by atoms with Crippen LogP contribution in [0.1, 0.15) is 36.6 Å². The smallest absolute Gasteiger partial charge is 0.300 e. The second-order valence-electron chi connectivity index (χ2n) is 8.87. The average Bonchev–Trinajstić information content (AvgIpc) is 3.47. The van der Waals surface area contributed by atoms with E-state index in [-0.39, 0.29) is 17.1 Å². The zero-order chi connectivity index (χ0) is 25.4. The molecule has 5 rings (SSSR count).